The first-order valence-electron chi connectivity index (χ1n) is 5.25. The average molecular weight is 259 g/mol. The van der Waals surface area contributed by atoms with Gasteiger partial charge in [-0.05, 0) is 30.3 Å². The number of ether oxygens (including phenoxy) is 1. The molecule has 0 aliphatic carbocycles. The smallest absolute Gasteiger partial charge is 0.142 e. The Bertz CT molecular complexity index is 607. The van der Waals surface area contributed by atoms with Crippen LogP contribution in [0.3, 0.4) is 0 Å². The third kappa shape index (κ3) is 2.63. The number of rotatable bonds is 3. The molecule has 2 rings (SSSR count). The highest BCUT2D eigenvalue weighted by molar-refractivity contribution is 7.99. The SMILES string of the molecule is COc1cccc(Sc2cccc(F)c2C#N)c1. The molecule has 0 N–H and O–H groups in total. The molecule has 0 aliphatic rings. The number of hydrogen-bond donors (Lipinski definition) is 0. The molecule has 0 atom stereocenters. The van der Waals surface area contributed by atoms with E-state index in [1.165, 1.54) is 17.8 Å². The van der Waals surface area contributed by atoms with Gasteiger partial charge in [-0.2, -0.15) is 5.26 Å². The molecule has 90 valence electrons. The lowest BCUT2D eigenvalue weighted by Gasteiger charge is -2.06. The van der Waals surface area contributed by atoms with E-state index in [0.29, 0.717) is 4.90 Å². The molecule has 0 aromatic heterocycles. The van der Waals surface area contributed by atoms with Crippen LogP contribution in [0.4, 0.5) is 4.39 Å². The monoisotopic (exact) mass is 259 g/mol. The second-order valence-corrected chi connectivity index (χ2v) is 4.62. The fourth-order valence-corrected chi connectivity index (χ4v) is 2.46. The predicted molar refractivity (Wildman–Crippen MR) is 68.2 cm³/mol. The van der Waals surface area contributed by atoms with Crippen molar-refractivity contribution < 1.29 is 9.13 Å². The van der Waals surface area contributed by atoms with E-state index in [-0.39, 0.29) is 5.56 Å². The largest absolute Gasteiger partial charge is 0.497 e. The Morgan fingerprint density at radius 2 is 2.00 bits per heavy atom. The maximum atomic E-state index is 13.4. The number of nitrogens with zero attached hydrogens (tertiary/aromatic N) is 1. The van der Waals surface area contributed by atoms with Gasteiger partial charge in [0.25, 0.3) is 0 Å². The third-order valence-corrected chi connectivity index (χ3v) is 3.41. The number of hydrogen-bond acceptors (Lipinski definition) is 3. The molecule has 0 spiro atoms. The first-order chi connectivity index (χ1) is 8.74. The van der Waals surface area contributed by atoms with Gasteiger partial charge in [0, 0.05) is 9.79 Å². The van der Waals surface area contributed by atoms with Crippen molar-refractivity contribution in [3.8, 4) is 11.8 Å². The molecule has 0 saturated carbocycles. The Balaban J connectivity index is 2.34. The summed E-state index contributed by atoms with van der Waals surface area (Å²) in [6, 6.07) is 13.9. The normalized spacial score (nSPS) is 9.83. The molecule has 18 heavy (non-hydrogen) atoms. The van der Waals surface area contributed by atoms with Gasteiger partial charge in [0.05, 0.1) is 7.11 Å². The molecule has 0 aliphatic heterocycles. The van der Waals surface area contributed by atoms with Gasteiger partial charge in [-0.3, -0.25) is 0 Å². The van der Waals surface area contributed by atoms with E-state index in [4.69, 9.17) is 10.00 Å². The maximum Gasteiger partial charge on any atom is 0.142 e. The fraction of sp³-hybridized carbons (Fsp3) is 0.0714. The number of nitriles is 1. The lowest BCUT2D eigenvalue weighted by atomic mass is 10.2. The Labute approximate surface area is 109 Å². The van der Waals surface area contributed by atoms with Crippen LogP contribution in [0.25, 0.3) is 0 Å². The molecular weight excluding hydrogens is 249 g/mol. The summed E-state index contributed by atoms with van der Waals surface area (Å²) in [6.07, 6.45) is 0. The van der Waals surface area contributed by atoms with Crippen LogP contribution >= 0.6 is 11.8 Å². The minimum absolute atomic E-state index is 0.0744. The second kappa shape index (κ2) is 5.56. The van der Waals surface area contributed by atoms with Gasteiger partial charge >= 0.3 is 0 Å². The highest BCUT2D eigenvalue weighted by Crippen LogP contribution is 2.32. The summed E-state index contributed by atoms with van der Waals surface area (Å²) in [6.45, 7) is 0. The van der Waals surface area contributed by atoms with Crippen molar-refractivity contribution in [2.75, 3.05) is 7.11 Å². The number of halogens is 1. The molecule has 0 saturated heterocycles. The number of benzene rings is 2. The summed E-state index contributed by atoms with van der Waals surface area (Å²) in [5.74, 6) is 0.236. The molecule has 2 aromatic carbocycles. The van der Waals surface area contributed by atoms with Gasteiger partial charge < -0.3 is 4.74 Å². The van der Waals surface area contributed by atoms with Gasteiger partial charge in [0.15, 0.2) is 0 Å². The van der Waals surface area contributed by atoms with Crippen LogP contribution in [0.1, 0.15) is 5.56 Å². The zero-order valence-corrected chi connectivity index (χ0v) is 10.5. The summed E-state index contributed by atoms with van der Waals surface area (Å²) >= 11 is 1.34. The van der Waals surface area contributed by atoms with E-state index < -0.39 is 5.82 Å². The van der Waals surface area contributed by atoms with Crippen molar-refractivity contribution in [1.29, 1.82) is 5.26 Å². The average Bonchev–Trinajstić information content (AvgIpc) is 2.39. The van der Waals surface area contributed by atoms with Crippen LogP contribution in [-0.2, 0) is 0 Å². The Morgan fingerprint density at radius 1 is 1.22 bits per heavy atom. The third-order valence-electron chi connectivity index (χ3n) is 2.36. The zero-order valence-electron chi connectivity index (χ0n) is 9.68. The van der Waals surface area contributed by atoms with E-state index in [2.05, 4.69) is 0 Å². The minimum Gasteiger partial charge on any atom is -0.497 e. The first-order valence-corrected chi connectivity index (χ1v) is 6.07. The van der Waals surface area contributed by atoms with Crippen molar-refractivity contribution in [2.24, 2.45) is 0 Å². The predicted octanol–water partition coefficient (Wildman–Crippen LogP) is 3.86. The van der Waals surface area contributed by atoms with Crippen molar-refractivity contribution >= 4 is 11.8 Å². The molecule has 2 aromatic rings. The van der Waals surface area contributed by atoms with Gasteiger partial charge in [-0.15, -0.1) is 0 Å². The highest BCUT2D eigenvalue weighted by Gasteiger charge is 2.09. The molecule has 0 unspecified atom stereocenters. The molecule has 0 fully saturated rings. The van der Waals surface area contributed by atoms with Gasteiger partial charge in [-0.25, -0.2) is 4.39 Å². The standard InChI is InChI=1S/C14H10FNOS/c1-17-10-4-2-5-11(8-10)18-14-7-3-6-13(15)12(14)9-16/h2-8H,1H3. The maximum absolute atomic E-state index is 13.4. The summed E-state index contributed by atoms with van der Waals surface area (Å²) in [4.78, 5) is 1.50. The van der Waals surface area contributed by atoms with Crippen LogP contribution in [0.5, 0.6) is 5.75 Å². The molecule has 0 bridgehead atoms. The van der Waals surface area contributed by atoms with E-state index in [9.17, 15) is 4.39 Å². The van der Waals surface area contributed by atoms with Crippen LogP contribution in [0, 0.1) is 17.1 Å². The van der Waals surface area contributed by atoms with Gasteiger partial charge in [0.1, 0.15) is 23.2 Å². The summed E-state index contributed by atoms with van der Waals surface area (Å²) in [5, 5.41) is 8.95. The van der Waals surface area contributed by atoms with Crippen LogP contribution in [0.2, 0.25) is 0 Å². The Hall–Kier alpha value is -1.99. The van der Waals surface area contributed by atoms with E-state index >= 15 is 0 Å². The topological polar surface area (TPSA) is 33.0 Å². The Kier molecular flexibility index (Phi) is 3.85. The summed E-state index contributed by atoms with van der Waals surface area (Å²) in [5.41, 5.74) is 0.0744. The van der Waals surface area contributed by atoms with Crippen molar-refractivity contribution in [1.82, 2.24) is 0 Å². The number of methoxy groups -OCH3 is 1. The summed E-state index contributed by atoms with van der Waals surface area (Å²) in [7, 11) is 1.59. The highest BCUT2D eigenvalue weighted by atomic mass is 32.2. The molecular formula is C14H10FNOS. The molecule has 2 nitrogen and oxygen atoms in total. The van der Waals surface area contributed by atoms with Crippen molar-refractivity contribution in [3.05, 3.63) is 53.8 Å². The molecule has 4 heteroatoms. The van der Waals surface area contributed by atoms with Gasteiger partial charge in [0.2, 0.25) is 0 Å². The van der Waals surface area contributed by atoms with E-state index in [1.54, 1.807) is 19.2 Å². The van der Waals surface area contributed by atoms with Crippen molar-refractivity contribution in [2.45, 2.75) is 9.79 Å². The fourth-order valence-electron chi connectivity index (χ4n) is 1.49. The summed E-state index contributed by atoms with van der Waals surface area (Å²) < 4.78 is 18.6. The van der Waals surface area contributed by atoms with Crippen LogP contribution in [0.15, 0.2) is 52.3 Å². The first kappa shape index (κ1) is 12.5. The second-order valence-electron chi connectivity index (χ2n) is 3.51. The Morgan fingerprint density at radius 3 is 2.72 bits per heavy atom. The molecule has 0 radical (unpaired) electrons. The van der Waals surface area contributed by atoms with Crippen LogP contribution < -0.4 is 4.74 Å². The lowest BCUT2D eigenvalue weighted by molar-refractivity contribution is 0.413. The quantitative estimate of drug-likeness (QED) is 0.839. The van der Waals surface area contributed by atoms with Crippen LogP contribution in [-0.4, -0.2) is 7.11 Å². The molecule has 0 amide bonds. The van der Waals surface area contributed by atoms with Gasteiger partial charge in [-0.1, -0.05) is 23.9 Å². The zero-order chi connectivity index (χ0) is 13.0. The molecule has 0 heterocycles. The van der Waals surface area contributed by atoms with E-state index in [0.717, 1.165) is 10.6 Å². The minimum atomic E-state index is -0.495. The van der Waals surface area contributed by atoms with Crippen molar-refractivity contribution in [3.63, 3.8) is 0 Å². The lowest BCUT2D eigenvalue weighted by Crippen LogP contribution is -1.87. The van der Waals surface area contributed by atoms with E-state index in [1.807, 2.05) is 30.3 Å².